The highest BCUT2D eigenvalue weighted by molar-refractivity contribution is 5.92. The van der Waals surface area contributed by atoms with Crippen LogP contribution in [0, 0.1) is 0 Å². The molecule has 6 rings (SSSR count). The number of fused-ring (bicyclic) bond motifs is 2. The van der Waals surface area contributed by atoms with Gasteiger partial charge in [0.05, 0.1) is 50.0 Å². The fourth-order valence-corrected chi connectivity index (χ4v) is 4.18. The normalized spacial score (nSPS) is 15.2. The van der Waals surface area contributed by atoms with Gasteiger partial charge in [-0.25, -0.2) is 19.5 Å². The molecule has 2 aliphatic rings. The summed E-state index contributed by atoms with van der Waals surface area (Å²) in [6, 6.07) is 5.73. The number of amides is 1. The zero-order valence-corrected chi connectivity index (χ0v) is 18.5. The van der Waals surface area contributed by atoms with Gasteiger partial charge in [0.25, 0.3) is 5.91 Å². The molecule has 4 aromatic rings. The Morgan fingerprint density at radius 3 is 2.76 bits per heavy atom. The van der Waals surface area contributed by atoms with Gasteiger partial charge >= 0.3 is 0 Å². The summed E-state index contributed by atoms with van der Waals surface area (Å²) in [5.74, 6) is 1.65. The van der Waals surface area contributed by atoms with Crippen molar-refractivity contribution in [2.75, 3.05) is 31.6 Å². The van der Waals surface area contributed by atoms with Crippen molar-refractivity contribution in [1.29, 1.82) is 0 Å². The Labute approximate surface area is 191 Å². The quantitative estimate of drug-likeness (QED) is 0.515. The largest absolute Gasteiger partial charge is 0.494 e. The van der Waals surface area contributed by atoms with E-state index in [1.54, 1.807) is 36.5 Å². The minimum Gasteiger partial charge on any atom is -0.494 e. The number of anilines is 1. The predicted molar refractivity (Wildman–Crippen MR) is 122 cm³/mol. The van der Waals surface area contributed by atoms with Gasteiger partial charge < -0.3 is 19.5 Å². The molecule has 6 heterocycles. The number of pyridine rings is 1. The Morgan fingerprint density at radius 1 is 1.09 bits per heavy atom. The molecule has 0 radical (unpaired) electrons. The molecule has 10 nitrogen and oxygen atoms in total. The van der Waals surface area contributed by atoms with Crippen molar-refractivity contribution >= 4 is 17.2 Å². The second-order valence-electron chi connectivity index (χ2n) is 8.00. The molecule has 0 atom stereocenters. The number of likely N-dealkylation sites (tertiary alicyclic amines) is 1. The number of aromatic nitrogens is 6. The summed E-state index contributed by atoms with van der Waals surface area (Å²) in [5, 5.41) is 4.06. The molecule has 0 aliphatic carbocycles. The number of nitrogens with zero attached hydrogens (tertiary/aromatic N) is 7. The SMILES string of the molecule is COc1cccn2nccc12.O=C(c1cnc(N2CCc3nc[nH]c3C2)cn1)N1CCCC1. The van der Waals surface area contributed by atoms with Crippen LogP contribution in [0.4, 0.5) is 5.82 Å². The number of carbonyl (C=O) groups excluding carboxylic acids is 1. The maximum Gasteiger partial charge on any atom is 0.274 e. The van der Waals surface area contributed by atoms with Gasteiger partial charge in [0.15, 0.2) is 0 Å². The van der Waals surface area contributed by atoms with E-state index in [9.17, 15) is 4.79 Å². The molecule has 0 saturated carbocycles. The van der Waals surface area contributed by atoms with E-state index in [-0.39, 0.29) is 5.91 Å². The van der Waals surface area contributed by atoms with E-state index >= 15 is 0 Å². The number of rotatable bonds is 3. The van der Waals surface area contributed by atoms with Gasteiger partial charge in [-0.3, -0.25) is 4.79 Å². The highest BCUT2D eigenvalue weighted by Gasteiger charge is 2.23. The Morgan fingerprint density at radius 2 is 1.97 bits per heavy atom. The van der Waals surface area contributed by atoms with Crippen LogP contribution in [0.3, 0.4) is 0 Å². The zero-order valence-electron chi connectivity index (χ0n) is 18.5. The topological polar surface area (TPSA) is 105 Å². The molecule has 33 heavy (non-hydrogen) atoms. The first-order valence-electron chi connectivity index (χ1n) is 11.1. The van der Waals surface area contributed by atoms with Crippen molar-refractivity contribution in [3.8, 4) is 5.75 Å². The summed E-state index contributed by atoms with van der Waals surface area (Å²) < 4.78 is 6.90. The van der Waals surface area contributed by atoms with Crippen molar-refractivity contribution in [3.05, 3.63) is 66.4 Å². The van der Waals surface area contributed by atoms with Crippen molar-refractivity contribution in [1.82, 2.24) is 34.4 Å². The minimum atomic E-state index is -0.00829. The maximum atomic E-state index is 12.3. The summed E-state index contributed by atoms with van der Waals surface area (Å²) in [6.07, 6.45) is 11.7. The highest BCUT2D eigenvalue weighted by Crippen LogP contribution is 2.20. The van der Waals surface area contributed by atoms with Crippen LogP contribution < -0.4 is 9.64 Å². The third kappa shape index (κ3) is 4.36. The second-order valence-corrected chi connectivity index (χ2v) is 8.00. The molecule has 1 fully saturated rings. The summed E-state index contributed by atoms with van der Waals surface area (Å²) >= 11 is 0. The van der Waals surface area contributed by atoms with Gasteiger partial charge in [-0.05, 0) is 31.0 Å². The van der Waals surface area contributed by atoms with Crippen LogP contribution in [0.25, 0.3) is 5.52 Å². The predicted octanol–water partition coefficient (Wildman–Crippen LogP) is 2.34. The summed E-state index contributed by atoms with van der Waals surface area (Å²) in [5.41, 5.74) is 3.69. The van der Waals surface area contributed by atoms with Crippen molar-refractivity contribution < 1.29 is 9.53 Å². The second kappa shape index (κ2) is 9.27. The number of imidazole rings is 1. The fourth-order valence-electron chi connectivity index (χ4n) is 4.18. The molecule has 170 valence electrons. The van der Waals surface area contributed by atoms with Crippen LogP contribution in [0.5, 0.6) is 5.75 Å². The Kier molecular flexibility index (Phi) is 5.88. The smallest absolute Gasteiger partial charge is 0.274 e. The Balaban J connectivity index is 0.000000174. The molecule has 1 N–H and O–H groups in total. The van der Waals surface area contributed by atoms with Gasteiger partial charge in [0.1, 0.15) is 22.8 Å². The summed E-state index contributed by atoms with van der Waals surface area (Å²) in [4.78, 5) is 32.5. The van der Waals surface area contributed by atoms with Crippen LogP contribution in [-0.2, 0) is 13.0 Å². The van der Waals surface area contributed by atoms with Crippen LogP contribution in [0.2, 0.25) is 0 Å². The van der Waals surface area contributed by atoms with E-state index in [1.165, 1.54) is 0 Å². The third-order valence-electron chi connectivity index (χ3n) is 5.97. The van der Waals surface area contributed by atoms with Gasteiger partial charge in [0.2, 0.25) is 0 Å². The molecule has 4 aromatic heterocycles. The number of aromatic amines is 1. The average molecular weight is 447 g/mol. The number of hydrogen-bond donors (Lipinski definition) is 1. The molecule has 2 aliphatic heterocycles. The molecule has 10 heteroatoms. The summed E-state index contributed by atoms with van der Waals surface area (Å²) in [6.45, 7) is 3.28. The number of H-pyrrole nitrogens is 1. The first-order valence-corrected chi connectivity index (χ1v) is 11.1. The van der Waals surface area contributed by atoms with Crippen molar-refractivity contribution in [2.45, 2.75) is 25.8 Å². The van der Waals surface area contributed by atoms with E-state index in [0.29, 0.717) is 5.69 Å². The molecule has 0 aromatic carbocycles. The highest BCUT2D eigenvalue weighted by atomic mass is 16.5. The van der Waals surface area contributed by atoms with Crippen molar-refractivity contribution in [2.24, 2.45) is 0 Å². The van der Waals surface area contributed by atoms with Crippen molar-refractivity contribution in [3.63, 3.8) is 0 Å². The zero-order chi connectivity index (χ0) is 22.6. The van der Waals surface area contributed by atoms with E-state index in [2.05, 4.69) is 29.9 Å². The number of hydrogen-bond acceptors (Lipinski definition) is 7. The van der Waals surface area contributed by atoms with Crippen LogP contribution in [0.15, 0.2) is 49.3 Å². The van der Waals surface area contributed by atoms with E-state index < -0.39 is 0 Å². The lowest BCUT2D eigenvalue weighted by molar-refractivity contribution is 0.0786. The average Bonchev–Trinajstić information content (AvgIpc) is 3.64. The van der Waals surface area contributed by atoms with Gasteiger partial charge in [-0.1, -0.05) is 0 Å². The lowest BCUT2D eigenvalue weighted by Crippen LogP contribution is -2.32. The molecular weight excluding hydrogens is 420 g/mol. The molecule has 1 amide bonds. The standard InChI is InChI=1S/C15H18N6O.C8H8N2O/c22-15(20-4-1-2-5-20)12-7-17-14(8-16-12)21-6-3-11-13(9-21)19-10-18-11;1-11-8-3-2-6-10-7(8)4-5-9-10/h7-8,10H,1-6,9H2,(H,18,19);2-6H,1H3. The maximum absolute atomic E-state index is 12.3. The first kappa shape index (κ1) is 20.9. The molecule has 1 saturated heterocycles. The monoisotopic (exact) mass is 446 g/mol. The minimum absolute atomic E-state index is 0.00829. The molecule has 0 bridgehead atoms. The van der Waals surface area contributed by atoms with E-state index in [1.807, 2.05) is 29.3 Å². The van der Waals surface area contributed by atoms with Crippen LogP contribution >= 0.6 is 0 Å². The summed E-state index contributed by atoms with van der Waals surface area (Å²) in [7, 11) is 1.66. The van der Waals surface area contributed by atoms with Gasteiger partial charge in [-0.2, -0.15) is 5.10 Å². The van der Waals surface area contributed by atoms with Gasteiger partial charge in [0, 0.05) is 32.3 Å². The Hall–Kier alpha value is -3.95. The number of ether oxygens (including phenoxy) is 1. The van der Waals surface area contributed by atoms with Crippen LogP contribution in [-0.4, -0.2) is 67.1 Å². The molecule has 0 unspecified atom stereocenters. The van der Waals surface area contributed by atoms with Crippen LogP contribution in [0.1, 0.15) is 34.7 Å². The van der Waals surface area contributed by atoms with Gasteiger partial charge in [-0.15, -0.1) is 0 Å². The first-order chi connectivity index (χ1) is 16.2. The Bertz CT molecular complexity index is 1230. The number of carbonyl (C=O) groups is 1. The number of methoxy groups -OCH3 is 1. The van der Waals surface area contributed by atoms with E-state index in [4.69, 9.17) is 4.74 Å². The number of nitrogens with one attached hydrogen (secondary N) is 1. The lowest BCUT2D eigenvalue weighted by atomic mass is 10.1. The molecular formula is C23H26N8O2. The van der Waals surface area contributed by atoms with E-state index in [0.717, 1.165) is 73.9 Å². The molecule has 0 spiro atoms. The third-order valence-corrected chi connectivity index (χ3v) is 5.97. The lowest BCUT2D eigenvalue weighted by Gasteiger charge is -2.27. The fraction of sp³-hybridized carbons (Fsp3) is 0.348.